The van der Waals surface area contributed by atoms with Crippen LogP contribution in [0.4, 0.5) is 0 Å². The molecule has 0 spiro atoms. The van der Waals surface area contributed by atoms with Crippen molar-refractivity contribution < 1.29 is 13.3 Å². The molecule has 0 saturated carbocycles. The Hall–Kier alpha value is -0.660. The third-order valence-electron chi connectivity index (χ3n) is 1.74. The SMILES string of the molecule is CC1N=C(C(C)(N)CS(C)(=O)=O)NO1. The minimum Gasteiger partial charge on any atom is -0.318 e. The zero-order valence-electron chi connectivity index (χ0n) is 8.44. The molecule has 0 aromatic heterocycles. The maximum atomic E-state index is 11.1. The first-order valence-corrected chi connectivity index (χ1v) is 6.23. The van der Waals surface area contributed by atoms with E-state index in [-0.39, 0.29) is 12.0 Å². The van der Waals surface area contributed by atoms with Gasteiger partial charge in [0, 0.05) is 6.26 Å². The van der Waals surface area contributed by atoms with Crippen LogP contribution in [0.1, 0.15) is 13.8 Å². The molecule has 0 aromatic rings. The summed E-state index contributed by atoms with van der Waals surface area (Å²) in [5, 5.41) is 0. The van der Waals surface area contributed by atoms with Crippen LogP contribution in [-0.2, 0) is 14.7 Å². The predicted molar refractivity (Wildman–Crippen MR) is 53.4 cm³/mol. The molecule has 7 heteroatoms. The Balaban J connectivity index is 2.81. The van der Waals surface area contributed by atoms with E-state index in [4.69, 9.17) is 10.6 Å². The van der Waals surface area contributed by atoms with Gasteiger partial charge in [-0.2, -0.15) is 0 Å². The molecule has 0 aromatic carbocycles. The van der Waals surface area contributed by atoms with Crippen LogP contribution in [0, 0.1) is 0 Å². The Kier molecular flexibility index (Phi) is 2.84. The highest BCUT2D eigenvalue weighted by Gasteiger charge is 2.33. The monoisotopic (exact) mass is 221 g/mol. The fourth-order valence-corrected chi connectivity index (χ4v) is 2.48. The van der Waals surface area contributed by atoms with Crippen molar-refractivity contribution in [2.24, 2.45) is 10.7 Å². The maximum absolute atomic E-state index is 11.1. The normalized spacial score (nSPS) is 26.6. The second-order valence-electron chi connectivity index (χ2n) is 3.78. The number of amidine groups is 1. The molecule has 0 bridgehead atoms. The van der Waals surface area contributed by atoms with Crippen molar-refractivity contribution in [3.8, 4) is 0 Å². The lowest BCUT2D eigenvalue weighted by Gasteiger charge is -2.22. The van der Waals surface area contributed by atoms with Crippen LogP contribution in [0.15, 0.2) is 4.99 Å². The quantitative estimate of drug-likeness (QED) is 0.639. The predicted octanol–water partition coefficient (Wildman–Crippen LogP) is -0.972. The molecule has 1 heterocycles. The third-order valence-corrected chi connectivity index (χ3v) is 2.86. The van der Waals surface area contributed by atoms with Crippen molar-refractivity contribution in [3.63, 3.8) is 0 Å². The number of nitrogens with two attached hydrogens (primary N) is 1. The molecule has 0 amide bonds. The summed E-state index contributed by atoms with van der Waals surface area (Å²) in [5.41, 5.74) is 7.32. The van der Waals surface area contributed by atoms with Gasteiger partial charge in [0.15, 0.2) is 6.23 Å². The van der Waals surface area contributed by atoms with Gasteiger partial charge in [-0.05, 0) is 13.8 Å². The van der Waals surface area contributed by atoms with Crippen LogP contribution in [0.2, 0.25) is 0 Å². The lowest BCUT2D eigenvalue weighted by atomic mass is 10.1. The summed E-state index contributed by atoms with van der Waals surface area (Å²) in [6.45, 7) is 3.33. The molecule has 0 saturated heterocycles. The summed E-state index contributed by atoms with van der Waals surface area (Å²) in [6, 6.07) is 0. The molecule has 2 unspecified atom stereocenters. The van der Waals surface area contributed by atoms with Gasteiger partial charge in [-0.25, -0.2) is 23.7 Å². The van der Waals surface area contributed by atoms with Gasteiger partial charge in [0.25, 0.3) is 0 Å². The van der Waals surface area contributed by atoms with Crippen molar-refractivity contribution in [2.75, 3.05) is 12.0 Å². The van der Waals surface area contributed by atoms with Crippen LogP contribution in [0.25, 0.3) is 0 Å². The van der Waals surface area contributed by atoms with Crippen LogP contribution < -0.4 is 11.2 Å². The Morgan fingerprint density at radius 1 is 1.71 bits per heavy atom. The number of hydroxylamine groups is 1. The molecule has 1 aliphatic rings. The maximum Gasteiger partial charge on any atom is 0.174 e. The Morgan fingerprint density at radius 2 is 2.29 bits per heavy atom. The average Bonchev–Trinajstić information content (AvgIpc) is 2.29. The molecule has 1 aliphatic heterocycles. The molecule has 1 rings (SSSR count). The van der Waals surface area contributed by atoms with Gasteiger partial charge in [0.05, 0.1) is 11.3 Å². The average molecular weight is 221 g/mol. The van der Waals surface area contributed by atoms with Crippen LogP contribution in [-0.4, -0.2) is 38.0 Å². The number of nitrogens with zero attached hydrogens (tertiary/aromatic N) is 1. The fraction of sp³-hybridized carbons (Fsp3) is 0.857. The second-order valence-corrected chi connectivity index (χ2v) is 5.92. The highest BCUT2D eigenvalue weighted by Crippen LogP contribution is 2.11. The van der Waals surface area contributed by atoms with E-state index in [9.17, 15) is 8.42 Å². The lowest BCUT2D eigenvalue weighted by molar-refractivity contribution is 0.0488. The highest BCUT2D eigenvalue weighted by molar-refractivity contribution is 7.90. The van der Waals surface area contributed by atoms with E-state index >= 15 is 0 Å². The number of rotatable bonds is 3. The number of hydrogen-bond donors (Lipinski definition) is 2. The first kappa shape index (κ1) is 11.4. The van der Waals surface area contributed by atoms with Gasteiger partial charge >= 0.3 is 0 Å². The first-order valence-electron chi connectivity index (χ1n) is 4.17. The zero-order chi connectivity index (χ0) is 11.0. The summed E-state index contributed by atoms with van der Waals surface area (Å²) in [5.74, 6) is 0.206. The zero-order valence-corrected chi connectivity index (χ0v) is 9.26. The van der Waals surface area contributed by atoms with Crippen molar-refractivity contribution in [3.05, 3.63) is 0 Å². The number of nitrogens with one attached hydrogen (secondary N) is 1. The topological polar surface area (TPSA) is 93.8 Å². The summed E-state index contributed by atoms with van der Waals surface area (Å²) >= 11 is 0. The Morgan fingerprint density at radius 3 is 2.64 bits per heavy atom. The van der Waals surface area contributed by atoms with E-state index in [1.807, 2.05) is 0 Å². The largest absolute Gasteiger partial charge is 0.318 e. The number of hydrogen-bond acceptors (Lipinski definition) is 6. The van der Waals surface area contributed by atoms with Crippen LogP contribution in [0.3, 0.4) is 0 Å². The second kappa shape index (κ2) is 3.48. The van der Waals surface area contributed by atoms with E-state index in [0.29, 0.717) is 5.84 Å². The van der Waals surface area contributed by atoms with Crippen molar-refractivity contribution in [1.82, 2.24) is 5.48 Å². The van der Waals surface area contributed by atoms with Gasteiger partial charge in [0.2, 0.25) is 0 Å². The smallest absolute Gasteiger partial charge is 0.174 e. The molecule has 0 fully saturated rings. The summed E-state index contributed by atoms with van der Waals surface area (Å²) < 4.78 is 22.2. The van der Waals surface area contributed by atoms with Crippen molar-refractivity contribution in [2.45, 2.75) is 25.6 Å². The molecule has 82 valence electrons. The fourth-order valence-electron chi connectivity index (χ4n) is 1.25. The molecule has 6 nitrogen and oxygen atoms in total. The van der Waals surface area contributed by atoms with E-state index in [1.165, 1.54) is 0 Å². The standard InChI is InChI=1S/C7H15N3O3S/c1-5-9-6(10-13-5)7(2,8)4-14(3,11)12/h5H,4,8H2,1-3H3,(H,9,10). The van der Waals surface area contributed by atoms with Gasteiger partial charge in [-0.3, -0.25) is 0 Å². The Bertz CT molecular complexity index is 347. The minimum absolute atomic E-state index is 0.165. The first-order chi connectivity index (χ1) is 6.21. The van der Waals surface area contributed by atoms with E-state index < -0.39 is 15.4 Å². The molecule has 3 N–H and O–H groups in total. The van der Waals surface area contributed by atoms with Gasteiger partial charge < -0.3 is 5.73 Å². The van der Waals surface area contributed by atoms with Crippen LogP contribution in [0.5, 0.6) is 0 Å². The third kappa shape index (κ3) is 2.93. The summed E-state index contributed by atoms with van der Waals surface area (Å²) in [6.07, 6.45) is 0.810. The molecule has 14 heavy (non-hydrogen) atoms. The number of sulfone groups is 1. The molecule has 0 aliphatic carbocycles. The van der Waals surface area contributed by atoms with E-state index in [2.05, 4.69) is 10.5 Å². The lowest BCUT2D eigenvalue weighted by Crippen LogP contribution is -2.54. The van der Waals surface area contributed by atoms with Gasteiger partial charge in [-0.15, -0.1) is 0 Å². The highest BCUT2D eigenvalue weighted by atomic mass is 32.2. The molecule has 2 atom stereocenters. The molecular formula is C7H15N3O3S. The van der Waals surface area contributed by atoms with Crippen molar-refractivity contribution in [1.29, 1.82) is 0 Å². The number of aliphatic imine (C=N–C) groups is 1. The van der Waals surface area contributed by atoms with Gasteiger partial charge in [0.1, 0.15) is 15.7 Å². The molecular weight excluding hydrogens is 206 g/mol. The van der Waals surface area contributed by atoms with Gasteiger partial charge in [-0.1, -0.05) is 0 Å². The van der Waals surface area contributed by atoms with Crippen LogP contribution >= 0.6 is 0 Å². The van der Waals surface area contributed by atoms with E-state index in [1.54, 1.807) is 13.8 Å². The van der Waals surface area contributed by atoms with E-state index in [0.717, 1.165) is 6.26 Å². The molecule has 0 radical (unpaired) electrons. The minimum atomic E-state index is -3.14. The Labute approximate surface area is 83.4 Å². The summed E-state index contributed by atoms with van der Waals surface area (Å²) in [7, 11) is -3.14. The summed E-state index contributed by atoms with van der Waals surface area (Å²) in [4.78, 5) is 8.98. The van der Waals surface area contributed by atoms with Crippen molar-refractivity contribution >= 4 is 15.7 Å².